The van der Waals surface area contributed by atoms with Crippen LogP contribution in [0.4, 0.5) is 10.5 Å². The zero-order chi connectivity index (χ0) is 18.0. The van der Waals surface area contributed by atoms with Gasteiger partial charge in [0.1, 0.15) is 11.5 Å². The van der Waals surface area contributed by atoms with Gasteiger partial charge in [-0.15, -0.1) is 0 Å². The van der Waals surface area contributed by atoms with E-state index in [0.29, 0.717) is 23.7 Å². The van der Waals surface area contributed by atoms with Crippen molar-refractivity contribution in [2.45, 2.75) is 32.9 Å². The number of nitrogens with one attached hydrogen (secondary N) is 1. The van der Waals surface area contributed by atoms with Crippen molar-refractivity contribution in [2.75, 3.05) is 26.1 Å². The van der Waals surface area contributed by atoms with Crippen molar-refractivity contribution in [3.05, 3.63) is 41.7 Å². The predicted octanol–water partition coefficient (Wildman–Crippen LogP) is 3.81. The van der Waals surface area contributed by atoms with Crippen molar-refractivity contribution < 1.29 is 14.3 Å². The Kier molecular flexibility index (Phi) is 4.88. The predicted molar refractivity (Wildman–Crippen MR) is 97.5 cm³/mol. The van der Waals surface area contributed by atoms with Gasteiger partial charge in [-0.2, -0.15) is 0 Å². The molecule has 2 amide bonds. The van der Waals surface area contributed by atoms with Crippen LogP contribution in [0.3, 0.4) is 0 Å². The number of benzene rings is 1. The highest BCUT2D eigenvalue weighted by Crippen LogP contribution is 2.33. The molecule has 1 aromatic heterocycles. The average Bonchev–Trinajstić information content (AvgIpc) is 3.02. The summed E-state index contributed by atoms with van der Waals surface area (Å²) >= 11 is 0. The maximum Gasteiger partial charge on any atom is 0.322 e. The van der Waals surface area contributed by atoms with E-state index in [1.807, 2.05) is 4.90 Å². The molecule has 2 aromatic rings. The monoisotopic (exact) mass is 343 g/mol. The van der Waals surface area contributed by atoms with Crippen LogP contribution in [0.1, 0.15) is 30.8 Å². The van der Waals surface area contributed by atoms with Gasteiger partial charge in [0, 0.05) is 30.5 Å². The minimum Gasteiger partial charge on any atom is -0.497 e. The van der Waals surface area contributed by atoms with Crippen LogP contribution in [0.25, 0.3) is 0 Å². The number of nitrogens with zero attached hydrogens (tertiary/aromatic N) is 2. The lowest BCUT2D eigenvalue weighted by Crippen LogP contribution is -2.44. The van der Waals surface area contributed by atoms with Crippen molar-refractivity contribution in [1.82, 2.24) is 9.47 Å². The van der Waals surface area contributed by atoms with Crippen molar-refractivity contribution in [3.8, 4) is 11.5 Å². The number of carbonyl (C=O) groups excluding carboxylic acids is 1. The minimum absolute atomic E-state index is 0.0756. The zero-order valence-electron chi connectivity index (χ0n) is 15.2. The molecule has 1 aliphatic rings. The van der Waals surface area contributed by atoms with Crippen LogP contribution < -0.4 is 14.8 Å². The number of ether oxygens (including phenoxy) is 2. The summed E-state index contributed by atoms with van der Waals surface area (Å²) in [7, 11) is 3.18. The Morgan fingerprint density at radius 2 is 2.00 bits per heavy atom. The number of anilines is 1. The molecule has 0 saturated carbocycles. The van der Waals surface area contributed by atoms with Gasteiger partial charge in [0.05, 0.1) is 25.9 Å². The Morgan fingerprint density at radius 3 is 2.68 bits per heavy atom. The summed E-state index contributed by atoms with van der Waals surface area (Å²) < 4.78 is 12.9. The molecule has 0 saturated heterocycles. The molecule has 1 aromatic carbocycles. The quantitative estimate of drug-likeness (QED) is 0.918. The summed E-state index contributed by atoms with van der Waals surface area (Å²) in [5, 5.41) is 2.98. The van der Waals surface area contributed by atoms with E-state index in [1.54, 1.807) is 32.4 Å². The average molecular weight is 343 g/mol. The molecule has 3 rings (SSSR count). The molecule has 6 heteroatoms. The lowest BCUT2D eigenvalue weighted by Gasteiger charge is -2.37. The number of hydrogen-bond acceptors (Lipinski definition) is 3. The molecular weight excluding hydrogens is 318 g/mol. The first-order valence-electron chi connectivity index (χ1n) is 8.54. The SMILES string of the molecule is CCC1c2ccc(C)n2CCN1C(=O)Nc1ccc(OC)cc1OC. The largest absolute Gasteiger partial charge is 0.497 e. The van der Waals surface area contributed by atoms with Gasteiger partial charge in [-0.3, -0.25) is 0 Å². The van der Waals surface area contributed by atoms with Crippen LogP contribution >= 0.6 is 0 Å². The number of carbonyl (C=O) groups is 1. The molecular formula is C19H25N3O3. The molecule has 0 fully saturated rings. The Bertz CT molecular complexity index is 769. The number of rotatable bonds is 4. The molecule has 0 spiro atoms. The fourth-order valence-electron chi connectivity index (χ4n) is 3.47. The molecule has 1 atom stereocenters. The Hall–Kier alpha value is -2.63. The first-order valence-corrected chi connectivity index (χ1v) is 8.54. The van der Waals surface area contributed by atoms with Gasteiger partial charge in [-0.25, -0.2) is 4.79 Å². The molecule has 0 bridgehead atoms. The summed E-state index contributed by atoms with van der Waals surface area (Å²) in [4.78, 5) is 14.8. The van der Waals surface area contributed by atoms with Gasteiger partial charge in [0.15, 0.2) is 0 Å². The smallest absolute Gasteiger partial charge is 0.322 e. The number of fused-ring (bicyclic) bond motifs is 1. The zero-order valence-corrected chi connectivity index (χ0v) is 15.2. The van der Waals surface area contributed by atoms with Crippen LogP contribution in [0.5, 0.6) is 11.5 Å². The van der Waals surface area contributed by atoms with Crippen LogP contribution in [-0.2, 0) is 6.54 Å². The number of urea groups is 1. The van der Waals surface area contributed by atoms with Crippen molar-refractivity contribution >= 4 is 11.7 Å². The van der Waals surface area contributed by atoms with E-state index < -0.39 is 0 Å². The molecule has 1 unspecified atom stereocenters. The van der Waals surface area contributed by atoms with Gasteiger partial charge >= 0.3 is 6.03 Å². The Morgan fingerprint density at radius 1 is 1.20 bits per heavy atom. The number of aromatic nitrogens is 1. The van der Waals surface area contributed by atoms with E-state index in [9.17, 15) is 4.79 Å². The number of methoxy groups -OCH3 is 2. The molecule has 1 N–H and O–H groups in total. The maximum atomic E-state index is 12.9. The summed E-state index contributed by atoms with van der Waals surface area (Å²) in [6.45, 7) is 5.72. The van der Waals surface area contributed by atoms with Crippen LogP contribution in [0, 0.1) is 6.92 Å². The molecule has 25 heavy (non-hydrogen) atoms. The van der Waals surface area contributed by atoms with E-state index >= 15 is 0 Å². The summed E-state index contributed by atoms with van der Waals surface area (Å²) in [6, 6.07) is 9.57. The molecule has 2 heterocycles. The highest BCUT2D eigenvalue weighted by Gasteiger charge is 2.30. The van der Waals surface area contributed by atoms with Crippen LogP contribution in [0.2, 0.25) is 0 Å². The highest BCUT2D eigenvalue weighted by atomic mass is 16.5. The lowest BCUT2D eigenvalue weighted by atomic mass is 10.1. The van der Waals surface area contributed by atoms with Gasteiger partial charge in [-0.05, 0) is 37.6 Å². The van der Waals surface area contributed by atoms with E-state index in [1.165, 1.54) is 11.4 Å². The van der Waals surface area contributed by atoms with Crippen LogP contribution in [0.15, 0.2) is 30.3 Å². The minimum atomic E-state index is -0.111. The lowest BCUT2D eigenvalue weighted by molar-refractivity contribution is 0.165. The highest BCUT2D eigenvalue weighted by molar-refractivity contribution is 5.91. The normalized spacial score (nSPS) is 16.3. The Labute approximate surface area is 148 Å². The second kappa shape index (κ2) is 7.09. The third-order valence-corrected chi connectivity index (χ3v) is 4.81. The molecule has 6 nitrogen and oxygen atoms in total. The molecule has 0 aliphatic carbocycles. The first-order chi connectivity index (χ1) is 12.1. The van der Waals surface area contributed by atoms with Crippen LogP contribution in [-0.4, -0.2) is 36.3 Å². The number of aryl methyl sites for hydroxylation is 1. The standard InChI is InChI=1S/C19H25N3O3/c1-5-16-17-9-6-13(2)21(17)10-11-22(16)19(23)20-15-8-7-14(24-3)12-18(15)25-4/h6-9,12,16H,5,10-11H2,1-4H3,(H,20,23). The third-order valence-electron chi connectivity index (χ3n) is 4.81. The first kappa shape index (κ1) is 17.2. The van der Waals surface area contributed by atoms with E-state index in [0.717, 1.165) is 13.0 Å². The summed E-state index contributed by atoms with van der Waals surface area (Å²) in [5.74, 6) is 1.27. The topological polar surface area (TPSA) is 55.7 Å². The number of amides is 2. The fourth-order valence-corrected chi connectivity index (χ4v) is 3.47. The molecule has 0 radical (unpaired) electrons. The maximum absolute atomic E-state index is 12.9. The van der Waals surface area contributed by atoms with E-state index in [2.05, 4.69) is 35.9 Å². The van der Waals surface area contributed by atoms with Gasteiger partial charge < -0.3 is 24.3 Å². The number of hydrogen-bond donors (Lipinski definition) is 1. The van der Waals surface area contributed by atoms with E-state index in [4.69, 9.17) is 9.47 Å². The van der Waals surface area contributed by atoms with Crippen molar-refractivity contribution in [1.29, 1.82) is 0 Å². The van der Waals surface area contributed by atoms with Crippen molar-refractivity contribution in [2.24, 2.45) is 0 Å². The summed E-state index contributed by atoms with van der Waals surface area (Å²) in [5.41, 5.74) is 3.08. The second-order valence-electron chi connectivity index (χ2n) is 6.17. The Balaban J connectivity index is 1.82. The third kappa shape index (κ3) is 3.16. The van der Waals surface area contributed by atoms with Gasteiger partial charge in [0.25, 0.3) is 0 Å². The second-order valence-corrected chi connectivity index (χ2v) is 6.17. The van der Waals surface area contributed by atoms with Gasteiger partial charge in [0.2, 0.25) is 0 Å². The van der Waals surface area contributed by atoms with Crippen molar-refractivity contribution in [3.63, 3.8) is 0 Å². The molecule has 134 valence electrons. The fraction of sp³-hybridized carbons (Fsp3) is 0.421. The molecule has 1 aliphatic heterocycles. The van der Waals surface area contributed by atoms with E-state index in [-0.39, 0.29) is 12.1 Å². The summed E-state index contributed by atoms with van der Waals surface area (Å²) in [6.07, 6.45) is 0.872. The van der Waals surface area contributed by atoms with Gasteiger partial charge in [-0.1, -0.05) is 6.92 Å².